The SMILES string of the molecule is c1ccc(-c2cc(-c3ccc(N4c5ccccc5-c5nc(-c6ccccc6)nc6cccc4c56)cc3)nc(-c3ccccc3)n2)cc1. The van der Waals surface area contributed by atoms with Crippen molar-refractivity contribution in [3.8, 4) is 56.5 Å². The predicted molar refractivity (Wildman–Crippen MR) is 191 cm³/mol. The quantitative estimate of drug-likeness (QED) is 0.196. The lowest BCUT2D eigenvalue weighted by Gasteiger charge is -2.33. The van der Waals surface area contributed by atoms with Crippen molar-refractivity contribution in [3.05, 3.63) is 164 Å². The second kappa shape index (κ2) is 11.2. The van der Waals surface area contributed by atoms with E-state index in [0.29, 0.717) is 5.82 Å². The summed E-state index contributed by atoms with van der Waals surface area (Å²) in [5, 5.41) is 1.05. The molecule has 0 fully saturated rings. The Balaban J connectivity index is 1.17. The summed E-state index contributed by atoms with van der Waals surface area (Å²) in [7, 11) is 0. The molecule has 0 saturated heterocycles. The smallest absolute Gasteiger partial charge is 0.160 e. The van der Waals surface area contributed by atoms with Crippen LogP contribution in [0.25, 0.3) is 67.5 Å². The summed E-state index contributed by atoms with van der Waals surface area (Å²) >= 11 is 0. The number of aromatic nitrogens is 4. The molecule has 0 unspecified atom stereocenters. The molecule has 0 aliphatic carbocycles. The van der Waals surface area contributed by atoms with Crippen LogP contribution in [-0.2, 0) is 0 Å². The Kier molecular flexibility index (Phi) is 6.39. The number of hydrogen-bond donors (Lipinski definition) is 0. The summed E-state index contributed by atoms with van der Waals surface area (Å²) in [4.78, 5) is 22.5. The second-order valence-electron chi connectivity index (χ2n) is 11.5. The van der Waals surface area contributed by atoms with E-state index in [0.717, 1.165) is 78.7 Å². The summed E-state index contributed by atoms with van der Waals surface area (Å²) in [6, 6.07) is 56.1. The molecule has 5 nitrogen and oxygen atoms in total. The zero-order valence-corrected chi connectivity index (χ0v) is 25.3. The molecule has 1 aliphatic rings. The van der Waals surface area contributed by atoms with E-state index >= 15 is 0 Å². The van der Waals surface area contributed by atoms with E-state index in [2.05, 4.69) is 114 Å². The Morgan fingerprint density at radius 3 is 1.57 bits per heavy atom. The molecule has 0 saturated carbocycles. The molecule has 9 rings (SSSR count). The number of anilines is 3. The summed E-state index contributed by atoms with van der Waals surface area (Å²) in [5.41, 5.74) is 12.0. The first-order chi connectivity index (χ1) is 23.3. The lowest BCUT2D eigenvalue weighted by atomic mass is 9.96. The van der Waals surface area contributed by atoms with E-state index in [9.17, 15) is 0 Å². The molecule has 0 atom stereocenters. The molecule has 8 aromatic rings. The highest BCUT2D eigenvalue weighted by atomic mass is 15.2. The van der Waals surface area contributed by atoms with Gasteiger partial charge >= 0.3 is 0 Å². The van der Waals surface area contributed by atoms with E-state index in [1.54, 1.807) is 0 Å². The fourth-order valence-electron chi connectivity index (χ4n) is 6.39. The normalized spacial score (nSPS) is 11.8. The minimum atomic E-state index is 0.703. The first-order valence-electron chi connectivity index (χ1n) is 15.7. The Morgan fingerprint density at radius 2 is 0.915 bits per heavy atom. The van der Waals surface area contributed by atoms with Gasteiger partial charge in [-0.05, 0) is 36.4 Å². The van der Waals surface area contributed by atoms with Gasteiger partial charge in [-0.2, -0.15) is 0 Å². The molecule has 220 valence electrons. The van der Waals surface area contributed by atoms with Crippen LogP contribution in [0.1, 0.15) is 0 Å². The van der Waals surface area contributed by atoms with Crippen LogP contribution in [0.3, 0.4) is 0 Å². The maximum absolute atomic E-state index is 5.14. The van der Waals surface area contributed by atoms with Crippen molar-refractivity contribution in [3.63, 3.8) is 0 Å². The molecule has 47 heavy (non-hydrogen) atoms. The molecule has 5 heteroatoms. The maximum atomic E-state index is 5.14. The number of fused-ring (bicyclic) bond motifs is 2. The van der Waals surface area contributed by atoms with Gasteiger partial charge in [0.1, 0.15) is 0 Å². The van der Waals surface area contributed by atoms with Crippen molar-refractivity contribution < 1.29 is 0 Å². The van der Waals surface area contributed by atoms with E-state index < -0.39 is 0 Å². The van der Waals surface area contributed by atoms with Gasteiger partial charge in [0.2, 0.25) is 0 Å². The van der Waals surface area contributed by atoms with Gasteiger partial charge in [-0.1, -0.05) is 127 Å². The minimum absolute atomic E-state index is 0.703. The van der Waals surface area contributed by atoms with Crippen LogP contribution in [0.15, 0.2) is 164 Å². The lowest BCUT2D eigenvalue weighted by Crippen LogP contribution is -2.16. The zero-order valence-electron chi connectivity index (χ0n) is 25.3. The topological polar surface area (TPSA) is 54.8 Å². The standard InChI is InChI=1S/C42H27N5/c1-4-13-28(14-5-1)35-27-36(45-41(44-35)30-15-6-2-7-16-30)29-23-25-32(26-24-29)47-37-21-11-10-19-33(37)40-39-34(20-12-22-38(39)47)43-42(46-40)31-17-8-3-9-18-31/h1-27H. The molecular formula is C42H27N5. The minimum Gasteiger partial charge on any atom is -0.309 e. The highest BCUT2D eigenvalue weighted by Crippen LogP contribution is 2.50. The van der Waals surface area contributed by atoms with E-state index in [1.807, 2.05) is 54.6 Å². The average Bonchev–Trinajstić information content (AvgIpc) is 3.16. The second-order valence-corrected chi connectivity index (χ2v) is 11.5. The van der Waals surface area contributed by atoms with Crippen molar-refractivity contribution in [2.45, 2.75) is 0 Å². The summed E-state index contributed by atoms with van der Waals surface area (Å²) in [5.74, 6) is 1.43. The van der Waals surface area contributed by atoms with Crippen LogP contribution in [-0.4, -0.2) is 19.9 Å². The van der Waals surface area contributed by atoms with E-state index in [1.165, 1.54) is 0 Å². The Bertz CT molecular complexity index is 2330. The number of nitrogens with zero attached hydrogens (tertiary/aromatic N) is 5. The van der Waals surface area contributed by atoms with Crippen LogP contribution >= 0.6 is 0 Å². The number of rotatable bonds is 5. The molecule has 0 N–H and O–H groups in total. The van der Waals surface area contributed by atoms with Crippen LogP contribution < -0.4 is 4.90 Å². The number of hydrogen-bond acceptors (Lipinski definition) is 5. The molecule has 1 aliphatic heterocycles. The van der Waals surface area contributed by atoms with Crippen molar-refractivity contribution in [1.82, 2.24) is 19.9 Å². The van der Waals surface area contributed by atoms with Gasteiger partial charge in [0.05, 0.1) is 39.4 Å². The Hall–Kier alpha value is -6.46. The third-order valence-corrected chi connectivity index (χ3v) is 8.62. The van der Waals surface area contributed by atoms with Crippen LogP contribution in [0, 0.1) is 0 Å². The van der Waals surface area contributed by atoms with Crippen molar-refractivity contribution >= 4 is 28.0 Å². The molecule has 6 aromatic carbocycles. The van der Waals surface area contributed by atoms with Crippen LogP contribution in [0.2, 0.25) is 0 Å². The van der Waals surface area contributed by atoms with Crippen LogP contribution in [0.5, 0.6) is 0 Å². The fraction of sp³-hybridized carbons (Fsp3) is 0. The Morgan fingerprint density at radius 1 is 0.383 bits per heavy atom. The summed E-state index contributed by atoms with van der Waals surface area (Å²) in [6.07, 6.45) is 0. The third kappa shape index (κ3) is 4.73. The number of benzene rings is 6. The largest absolute Gasteiger partial charge is 0.309 e. The number of para-hydroxylation sites is 1. The van der Waals surface area contributed by atoms with Crippen molar-refractivity contribution in [2.24, 2.45) is 0 Å². The maximum Gasteiger partial charge on any atom is 0.160 e. The Labute approximate surface area is 272 Å². The van der Waals surface area contributed by atoms with Gasteiger partial charge in [-0.15, -0.1) is 0 Å². The van der Waals surface area contributed by atoms with Crippen molar-refractivity contribution in [1.29, 1.82) is 0 Å². The highest BCUT2D eigenvalue weighted by molar-refractivity contribution is 6.11. The van der Waals surface area contributed by atoms with Gasteiger partial charge < -0.3 is 4.90 Å². The van der Waals surface area contributed by atoms with Crippen molar-refractivity contribution in [2.75, 3.05) is 4.90 Å². The molecule has 2 aromatic heterocycles. The van der Waals surface area contributed by atoms with E-state index in [4.69, 9.17) is 19.9 Å². The third-order valence-electron chi connectivity index (χ3n) is 8.62. The first kappa shape index (κ1) is 26.9. The van der Waals surface area contributed by atoms with E-state index in [-0.39, 0.29) is 0 Å². The summed E-state index contributed by atoms with van der Waals surface area (Å²) < 4.78 is 0. The molecule has 0 amide bonds. The fourth-order valence-corrected chi connectivity index (χ4v) is 6.39. The molecule has 3 heterocycles. The lowest BCUT2D eigenvalue weighted by molar-refractivity contribution is 1.18. The first-order valence-corrected chi connectivity index (χ1v) is 15.7. The van der Waals surface area contributed by atoms with Gasteiger partial charge in [-0.25, -0.2) is 19.9 Å². The van der Waals surface area contributed by atoms with Gasteiger partial charge in [0, 0.05) is 33.5 Å². The van der Waals surface area contributed by atoms with Gasteiger partial charge in [0.15, 0.2) is 11.6 Å². The molecule has 0 radical (unpaired) electrons. The molecular weight excluding hydrogens is 574 g/mol. The van der Waals surface area contributed by atoms with Gasteiger partial charge in [-0.3, -0.25) is 0 Å². The van der Waals surface area contributed by atoms with Gasteiger partial charge in [0.25, 0.3) is 0 Å². The summed E-state index contributed by atoms with van der Waals surface area (Å²) in [6.45, 7) is 0. The average molecular weight is 602 g/mol. The predicted octanol–water partition coefficient (Wildman–Crippen LogP) is 10.5. The monoisotopic (exact) mass is 601 g/mol. The molecule has 0 spiro atoms. The molecule has 0 bridgehead atoms. The van der Waals surface area contributed by atoms with Crippen LogP contribution in [0.4, 0.5) is 17.1 Å². The zero-order chi connectivity index (χ0) is 31.2. The highest BCUT2D eigenvalue weighted by Gasteiger charge is 2.28.